The molecule has 7 nitrogen and oxygen atoms in total. The molecule has 0 saturated carbocycles. The lowest BCUT2D eigenvalue weighted by molar-refractivity contribution is -0.139. The molecule has 0 heterocycles. The minimum absolute atomic E-state index is 0.107. The van der Waals surface area contributed by atoms with E-state index in [0.717, 1.165) is 28.7 Å². The predicted molar refractivity (Wildman–Crippen MR) is 161 cm³/mol. The Kier molecular flexibility index (Phi) is 10.9. The van der Waals surface area contributed by atoms with Gasteiger partial charge in [0.2, 0.25) is 11.8 Å². The molecule has 0 aliphatic rings. The zero-order chi connectivity index (χ0) is 29.3. The minimum Gasteiger partial charge on any atom is -0.354 e. The number of sulfonamides is 1. The van der Waals surface area contributed by atoms with E-state index in [0.29, 0.717) is 25.1 Å². The molecule has 2 amide bonds. The fraction of sp³-hybridized carbons (Fsp3) is 0.375. The van der Waals surface area contributed by atoms with Gasteiger partial charge >= 0.3 is 0 Å². The number of carbonyl (C=O) groups is 2. The SMILES string of the molecule is CCCNC(=O)C(CC)N(CCc1ccccc1)C(=O)CN(c1cccc(C)c1C)S(=O)(=O)c1ccc(C)cc1. The Balaban J connectivity index is 2.04. The molecule has 0 bridgehead atoms. The van der Waals surface area contributed by atoms with E-state index in [2.05, 4.69) is 5.32 Å². The normalized spacial score (nSPS) is 12.0. The molecule has 3 rings (SSSR count). The van der Waals surface area contributed by atoms with Crippen molar-refractivity contribution in [3.05, 3.63) is 95.1 Å². The monoisotopic (exact) mass is 563 g/mol. The Morgan fingerprint density at radius 2 is 1.55 bits per heavy atom. The smallest absolute Gasteiger partial charge is 0.264 e. The first-order valence-corrected chi connectivity index (χ1v) is 15.3. The lowest BCUT2D eigenvalue weighted by Crippen LogP contribution is -2.53. The maximum Gasteiger partial charge on any atom is 0.264 e. The number of benzene rings is 3. The second-order valence-corrected chi connectivity index (χ2v) is 11.9. The molecular weight excluding hydrogens is 522 g/mol. The number of hydrogen-bond acceptors (Lipinski definition) is 4. The number of hydrogen-bond donors (Lipinski definition) is 1. The molecule has 0 aliphatic heterocycles. The molecular formula is C32H41N3O4S. The van der Waals surface area contributed by atoms with Crippen LogP contribution < -0.4 is 9.62 Å². The topological polar surface area (TPSA) is 86.8 Å². The molecule has 0 saturated heterocycles. The van der Waals surface area contributed by atoms with Crippen LogP contribution in [0.4, 0.5) is 5.69 Å². The summed E-state index contributed by atoms with van der Waals surface area (Å²) in [6.07, 6.45) is 1.72. The van der Waals surface area contributed by atoms with E-state index in [4.69, 9.17) is 0 Å². The Hall–Kier alpha value is -3.65. The predicted octanol–water partition coefficient (Wildman–Crippen LogP) is 5.18. The van der Waals surface area contributed by atoms with E-state index in [1.165, 1.54) is 4.31 Å². The lowest BCUT2D eigenvalue weighted by Gasteiger charge is -2.33. The van der Waals surface area contributed by atoms with Crippen LogP contribution in [0.2, 0.25) is 0 Å². The fourth-order valence-corrected chi connectivity index (χ4v) is 6.09. The van der Waals surface area contributed by atoms with Crippen LogP contribution >= 0.6 is 0 Å². The molecule has 1 atom stereocenters. The summed E-state index contributed by atoms with van der Waals surface area (Å²) in [6, 6.07) is 21.1. The molecule has 1 unspecified atom stereocenters. The van der Waals surface area contributed by atoms with E-state index in [1.54, 1.807) is 41.3 Å². The van der Waals surface area contributed by atoms with Gasteiger partial charge in [-0.1, -0.05) is 74.0 Å². The van der Waals surface area contributed by atoms with Crippen molar-refractivity contribution < 1.29 is 18.0 Å². The average molecular weight is 564 g/mol. The molecule has 3 aromatic rings. The van der Waals surface area contributed by atoms with Gasteiger partial charge in [0.1, 0.15) is 12.6 Å². The van der Waals surface area contributed by atoms with Crippen molar-refractivity contribution in [1.82, 2.24) is 10.2 Å². The van der Waals surface area contributed by atoms with Crippen LogP contribution in [0.1, 0.15) is 48.9 Å². The largest absolute Gasteiger partial charge is 0.354 e. The van der Waals surface area contributed by atoms with Crippen LogP contribution in [0.5, 0.6) is 0 Å². The molecule has 40 heavy (non-hydrogen) atoms. The second-order valence-electron chi connectivity index (χ2n) is 10.1. The van der Waals surface area contributed by atoms with Gasteiger partial charge in [-0.15, -0.1) is 0 Å². The summed E-state index contributed by atoms with van der Waals surface area (Å²) in [5, 5.41) is 2.92. The van der Waals surface area contributed by atoms with Crippen LogP contribution in [-0.2, 0) is 26.0 Å². The first kappa shape index (κ1) is 30.9. The molecule has 214 valence electrons. The highest BCUT2D eigenvalue weighted by molar-refractivity contribution is 7.92. The van der Waals surface area contributed by atoms with Gasteiger partial charge in [-0.3, -0.25) is 13.9 Å². The third kappa shape index (κ3) is 7.50. The van der Waals surface area contributed by atoms with Crippen molar-refractivity contribution in [3.8, 4) is 0 Å². The summed E-state index contributed by atoms with van der Waals surface area (Å²) in [6.45, 7) is 9.86. The molecule has 8 heteroatoms. The van der Waals surface area contributed by atoms with E-state index in [9.17, 15) is 18.0 Å². The second kappa shape index (κ2) is 14.1. The Bertz CT molecular complexity index is 1390. The molecule has 0 spiro atoms. The zero-order valence-corrected chi connectivity index (χ0v) is 25.0. The van der Waals surface area contributed by atoms with Gasteiger partial charge in [-0.25, -0.2) is 8.42 Å². The van der Waals surface area contributed by atoms with Gasteiger partial charge in [0.15, 0.2) is 0 Å². The van der Waals surface area contributed by atoms with Gasteiger partial charge < -0.3 is 10.2 Å². The highest BCUT2D eigenvalue weighted by Gasteiger charge is 2.34. The standard InChI is InChI=1S/C32H41N3O4S/c1-6-21-33-32(37)29(7-2)34(22-20-27-13-9-8-10-14-27)31(36)23-35(30-15-11-12-25(4)26(30)5)40(38,39)28-18-16-24(3)17-19-28/h8-19,29H,6-7,20-23H2,1-5H3,(H,33,37). The van der Waals surface area contributed by atoms with Crippen LogP contribution in [0.25, 0.3) is 0 Å². The van der Waals surface area contributed by atoms with Crippen molar-refractivity contribution in [2.24, 2.45) is 0 Å². The van der Waals surface area contributed by atoms with Gasteiger partial charge in [-0.2, -0.15) is 0 Å². The third-order valence-corrected chi connectivity index (χ3v) is 8.93. The van der Waals surface area contributed by atoms with E-state index in [1.807, 2.05) is 71.0 Å². The van der Waals surface area contributed by atoms with E-state index < -0.39 is 28.5 Å². The minimum atomic E-state index is -4.09. The molecule has 0 fully saturated rings. The van der Waals surface area contributed by atoms with Crippen LogP contribution in [0.3, 0.4) is 0 Å². The average Bonchev–Trinajstić information content (AvgIpc) is 2.95. The third-order valence-electron chi connectivity index (χ3n) is 7.15. The zero-order valence-electron chi connectivity index (χ0n) is 24.2. The fourth-order valence-electron chi connectivity index (χ4n) is 4.62. The van der Waals surface area contributed by atoms with Crippen molar-refractivity contribution >= 4 is 27.5 Å². The summed E-state index contributed by atoms with van der Waals surface area (Å²) < 4.78 is 29.3. The van der Waals surface area contributed by atoms with Gasteiger partial charge in [0.25, 0.3) is 10.0 Å². The first-order chi connectivity index (χ1) is 19.1. The highest BCUT2D eigenvalue weighted by atomic mass is 32.2. The number of rotatable bonds is 13. The summed E-state index contributed by atoms with van der Waals surface area (Å²) in [7, 11) is -4.09. The molecule has 1 N–H and O–H groups in total. The van der Waals surface area contributed by atoms with Crippen molar-refractivity contribution in [3.63, 3.8) is 0 Å². The van der Waals surface area contributed by atoms with Crippen LogP contribution in [-0.4, -0.2) is 50.8 Å². The Morgan fingerprint density at radius 1 is 0.875 bits per heavy atom. The Labute approximate surface area is 239 Å². The summed E-state index contributed by atoms with van der Waals surface area (Å²) in [4.78, 5) is 28.9. The number of anilines is 1. The van der Waals surface area contributed by atoms with Gasteiger partial charge in [-0.05, 0) is 74.9 Å². The number of nitrogens with zero attached hydrogens (tertiary/aromatic N) is 2. The summed E-state index contributed by atoms with van der Waals surface area (Å²) in [5.41, 5.74) is 4.10. The maximum atomic E-state index is 14.1. The van der Waals surface area contributed by atoms with Crippen LogP contribution in [0.15, 0.2) is 77.7 Å². The number of carbonyl (C=O) groups excluding carboxylic acids is 2. The van der Waals surface area contributed by atoms with Crippen LogP contribution in [0, 0.1) is 20.8 Å². The van der Waals surface area contributed by atoms with E-state index >= 15 is 0 Å². The summed E-state index contributed by atoms with van der Waals surface area (Å²) in [5.74, 6) is -0.656. The summed E-state index contributed by atoms with van der Waals surface area (Å²) >= 11 is 0. The number of nitrogens with one attached hydrogen (secondary N) is 1. The van der Waals surface area contributed by atoms with Gasteiger partial charge in [0, 0.05) is 13.1 Å². The lowest BCUT2D eigenvalue weighted by atomic mass is 10.1. The maximum absolute atomic E-state index is 14.1. The van der Waals surface area contributed by atoms with E-state index in [-0.39, 0.29) is 17.3 Å². The Morgan fingerprint density at radius 3 is 2.17 bits per heavy atom. The number of amides is 2. The molecule has 0 aromatic heterocycles. The van der Waals surface area contributed by atoms with Crippen molar-refractivity contribution in [2.45, 2.75) is 64.8 Å². The molecule has 0 radical (unpaired) electrons. The van der Waals surface area contributed by atoms with Crippen molar-refractivity contribution in [1.29, 1.82) is 0 Å². The molecule has 0 aliphatic carbocycles. The van der Waals surface area contributed by atoms with Crippen molar-refractivity contribution in [2.75, 3.05) is 23.9 Å². The molecule has 3 aromatic carbocycles. The quantitative estimate of drug-likeness (QED) is 0.310. The highest BCUT2D eigenvalue weighted by Crippen LogP contribution is 2.29. The van der Waals surface area contributed by atoms with Gasteiger partial charge in [0.05, 0.1) is 10.6 Å². The number of aryl methyl sites for hydroxylation is 2. The first-order valence-electron chi connectivity index (χ1n) is 13.9.